The van der Waals surface area contributed by atoms with Crippen LogP contribution in [0.2, 0.25) is 0 Å². The molecule has 1 aliphatic heterocycles. The maximum Gasteiger partial charge on any atom is 0.191 e. The molecule has 1 aliphatic rings. The average molecular weight is 452 g/mol. The summed E-state index contributed by atoms with van der Waals surface area (Å²) in [6.07, 6.45) is 0.278. The van der Waals surface area contributed by atoms with Crippen molar-refractivity contribution in [3.63, 3.8) is 0 Å². The van der Waals surface area contributed by atoms with Crippen LogP contribution in [0, 0.1) is 0 Å². The lowest BCUT2D eigenvalue weighted by Gasteiger charge is -2.36. The Kier molecular flexibility index (Phi) is 9.41. The van der Waals surface area contributed by atoms with Crippen molar-refractivity contribution >= 4 is 41.3 Å². The molecule has 0 radical (unpaired) electrons. The zero-order valence-corrected chi connectivity index (χ0v) is 17.4. The summed E-state index contributed by atoms with van der Waals surface area (Å²) >= 11 is 1.79. The molecule has 0 aromatic carbocycles. The summed E-state index contributed by atoms with van der Waals surface area (Å²) in [7, 11) is 0. The number of hydrogen-bond acceptors (Lipinski definition) is 4. The molecule has 0 bridgehead atoms. The molecule has 1 aromatic heterocycles. The highest BCUT2D eigenvalue weighted by Crippen LogP contribution is 2.27. The molecule has 132 valence electrons. The van der Waals surface area contributed by atoms with E-state index in [2.05, 4.69) is 53.1 Å². The number of rotatable bonds is 6. The zero-order valence-electron chi connectivity index (χ0n) is 14.3. The Hall–Kier alpha value is -0.380. The number of aliphatic imine (C=N–C) groups is 1. The summed E-state index contributed by atoms with van der Waals surface area (Å²) < 4.78 is 5.67. The van der Waals surface area contributed by atoms with Gasteiger partial charge >= 0.3 is 0 Å². The normalized spacial score (nSPS) is 20.8. The number of thiophene rings is 1. The highest BCUT2D eigenvalue weighted by Gasteiger charge is 2.26. The van der Waals surface area contributed by atoms with Crippen molar-refractivity contribution < 1.29 is 4.74 Å². The van der Waals surface area contributed by atoms with Gasteiger partial charge in [-0.3, -0.25) is 9.89 Å². The van der Waals surface area contributed by atoms with Gasteiger partial charge in [0.1, 0.15) is 0 Å². The monoisotopic (exact) mass is 452 g/mol. The number of nitrogens with zero attached hydrogens (tertiary/aromatic N) is 3. The van der Waals surface area contributed by atoms with Gasteiger partial charge in [-0.2, -0.15) is 0 Å². The summed E-state index contributed by atoms with van der Waals surface area (Å²) in [4.78, 5) is 10.6. The largest absolute Gasteiger partial charge is 0.376 e. The van der Waals surface area contributed by atoms with Gasteiger partial charge in [-0.15, -0.1) is 35.3 Å². The van der Waals surface area contributed by atoms with E-state index in [9.17, 15) is 0 Å². The lowest BCUT2D eigenvalue weighted by atomic mass is 10.1. The first-order valence-electron chi connectivity index (χ1n) is 8.09. The predicted octanol–water partition coefficient (Wildman–Crippen LogP) is 2.78. The fourth-order valence-corrected chi connectivity index (χ4v) is 3.67. The molecule has 1 saturated heterocycles. The third kappa shape index (κ3) is 5.88. The second kappa shape index (κ2) is 10.5. The van der Waals surface area contributed by atoms with Crippen molar-refractivity contribution in [2.24, 2.45) is 10.7 Å². The Bertz CT molecular complexity index is 465. The molecule has 1 fully saturated rings. The minimum atomic E-state index is 0. The van der Waals surface area contributed by atoms with Crippen LogP contribution in [0.3, 0.4) is 0 Å². The van der Waals surface area contributed by atoms with Crippen molar-refractivity contribution in [3.8, 4) is 0 Å². The van der Waals surface area contributed by atoms with E-state index in [1.807, 2.05) is 0 Å². The number of hydrogen-bond donors (Lipinski definition) is 1. The number of halogens is 1. The molecular formula is C16H29IN4OS. The van der Waals surface area contributed by atoms with Crippen molar-refractivity contribution in [2.45, 2.75) is 32.9 Å². The van der Waals surface area contributed by atoms with Crippen molar-refractivity contribution in [1.29, 1.82) is 0 Å². The van der Waals surface area contributed by atoms with Gasteiger partial charge in [0.2, 0.25) is 0 Å². The molecule has 5 nitrogen and oxygen atoms in total. The van der Waals surface area contributed by atoms with Crippen LogP contribution in [0.5, 0.6) is 0 Å². The van der Waals surface area contributed by atoms with E-state index in [-0.39, 0.29) is 30.1 Å². The molecule has 2 rings (SSSR count). The van der Waals surface area contributed by atoms with Crippen LogP contribution < -0.4 is 5.73 Å². The fourth-order valence-electron chi connectivity index (χ4n) is 2.82. The highest BCUT2D eigenvalue weighted by molar-refractivity contribution is 14.0. The van der Waals surface area contributed by atoms with Gasteiger partial charge in [0.25, 0.3) is 0 Å². The van der Waals surface area contributed by atoms with E-state index in [1.165, 1.54) is 4.88 Å². The van der Waals surface area contributed by atoms with E-state index in [1.54, 1.807) is 11.3 Å². The third-order valence-corrected chi connectivity index (χ3v) is 5.07. The molecule has 1 aromatic rings. The highest BCUT2D eigenvalue weighted by atomic mass is 127. The first kappa shape index (κ1) is 20.7. The Labute approximate surface area is 160 Å². The molecule has 0 saturated carbocycles. The number of morpholine rings is 1. The Balaban J connectivity index is 0.00000264. The molecule has 2 heterocycles. The lowest BCUT2D eigenvalue weighted by Crippen LogP contribution is -2.44. The number of nitrogens with two attached hydrogens (primary N) is 1. The minimum Gasteiger partial charge on any atom is -0.376 e. The van der Waals surface area contributed by atoms with Gasteiger partial charge in [0.15, 0.2) is 5.96 Å². The summed E-state index contributed by atoms with van der Waals surface area (Å²) in [5, 5.41) is 2.13. The first-order valence-corrected chi connectivity index (χ1v) is 8.97. The van der Waals surface area contributed by atoms with Crippen molar-refractivity contribution in [2.75, 3.05) is 39.3 Å². The van der Waals surface area contributed by atoms with Crippen LogP contribution in [0.1, 0.15) is 31.7 Å². The number of guanidine groups is 1. The molecule has 7 heteroatoms. The maximum absolute atomic E-state index is 6.13. The van der Waals surface area contributed by atoms with E-state index in [0.29, 0.717) is 18.5 Å². The topological polar surface area (TPSA) is 54.1 Å². The van der Waals surface area contributed by atoms with Crippen LogP contribution in [0.4, 0.5) is 0 Å². The SMILES string of the molecule is CCN(CC)C(N)=NCC(c1cccs1)N1CCOC(C)C1.I. The predicted molar refractivity (Wildman–Crippen MR) is 109 cm³/mol. The average Bonchev–Trinajstić information content (AvgIpc) is 3.03. The molecule has 0 aliphatic carbocycles. The Morgan fingerprint density at radius 2 is 2.26 bits per heavy atom. The Morgan fingerprint density at radius 1 is 1.52 bits per heavy atom. The second-order valence-corrected chi connectivity index (χ2v) is 6.56. The molecule has 2 N–H and O–H groups in total. The molecular weight excluding hydrogens is 423 g/mol. The lowest BCUT2D eigenvalue weighted by molar-refractivity contribution is -0.0327. The summed E-state index contributed by atoms with van der Waals surface area (Å²) in [6, 6.07) is 4.59. The van der Waals surface area contributed by atoms with Gasteiger partial charge in [-0.25, -0.2) is 0 Å². The van der Waals surface area contributed by atoms with Crippen LogP contribution in [0.25, 0.3) is 0 Å². The summed E-state index contributed by atoms with van der Waals surface area (Å²) in [5.74, 6) is 0.646. The standard InChI is InChI=1S/C16H28N4OS.HI/c1-4-19(5-2)16(17)18-11-14(15-7-6-10-22-15)20-8-9-21-13(3)12-20;/h6-7,10,13-14H,4-5,8-9,11-12H2,1-3H3,(H2,17,18);1H. The van der Waals surface area contributed by atoms with Crippen LogP contribution in [-0.4, -0.2) is 61.2 Å². The van der Waals surface area contributed by atoms with Crippen LogP contribution >= 0.6 is 35.3 Å². The molecule has 2 atom stereocenters. The van der Waals surface area contributed by atoms with Gasteiger partial charge < -0.3 is 15.4 Å². The van der Waals surface area contributed by atoms with Gasteiger partial charge in [-0.05, 0) is 32.2 Å². The molecule has 0 spiro atoms. The van der Waals surface area contributed by atoms with Gasteiger partial charge in [-0.1, -0.05) is 6.07 Å². The van der Waals surface area contributed by atoms with Gasteiger partial charge in [0.05, 0.1) is 25.3 Å². The van der Waals surface area contributed by atoms with Crippen molar-refractivity contribution in [1.82, 2.24) is 9.80 Å². The quantitative estimate of drug-likeness (QED) is 0.410. The van der Waals surface area contributed by atoms with E-state index >= 15 is 0 Å². The smallest absolute Gasteiger partial charge is 0.191 e. The van der Waals surface area contributed by atoms with Crippen molar-refractivity contribution in [3.05, 3.63) is 22.4 Å². The van der Waals surface area contributed by atoms with Crippen LogP contribution in [-0.2, 0) is 4.74 Å². The minimum absolute atomic E-state index is 0. The second-order valence-electron chi connectivity index (χ2n) is 5.58. The molecule has 2 unspecified atom stereocenters. The number of ether oxygens (including phenoxy) is 1. The van der Waals surface area contributed by atoms with E-state index < -0.39 is 0 Å². The first-order chi connectivity index (χ1) is 10.7. The Morgan fingerprint density at radius 3 is 2.83 bits per heavy atom. The van der Waals surface area contributed by atoms with E-state index in [4.69, 9.17) is 10.5 Å². The third-order valence-electron chi connectivity index (χ3n) is 4.10. The zero-order chi connectivity index (χ0) is 15.9. The van der Waals surface area contributed by atoms with Gasteiger partial charge in [0, 0.05) is 31.1 Å². The van der Waals surface area contributed by atoms with E-state index in [0.717, 1.165) is 32.8 Å². The molecule has 0 amide bonds. The summed E-state index contributed by atoms with van der Waals surface area (Å²) in [6.45, 7) is 11.5. The summed E-state index contributed by atoms with van der Waals surface area (Å²) in [5.41, 5.74) is 6.13. The molecule has 23 heavy (non-hydrogen) atoms. The fraction of sp³-hybridized carbons (Fsp3) is 0.688. The van der Waals surface area contributed by atoms with Crippen LogP contribution in [0.15, 0.2) is 22.5 Å². The maximum atomic E-state index is 6.13.